The Bertz CT molecular complexity index is 642. The maximum atomic E-state index is 12.7. The molecule has 0 aliphatic carbocycles. The Kier molecular flexibility index (Phi) is 3.78. The lowest BCUT2D eigenvalue weighted by Crippen LogP contribution is -2.44. The van der Waals surface area contributed by atoms with Crippen LogP contribution in [0.3, 0.4) is 0 Å². The van der Waals surface area contributed by atoms with Crippen molar-refractivity contribution in [1.29, 1.82) is 0 Å². The molecule has 2 atom stereocenters. The summed E-state index contributed by atoms with van der Waals surface area (Å²) >= 11 is 0. The Morgan fingerprint density at radius 1 is 0.864 bits per heavy atom. The number of carbonyl (C=O) groups excluding carboxylic acids is 1. The highest BCUT2D eigenvalue weighted by Crippen LogP contribution is 2.47. The summed E-state index contributed by atoms with van der Waals surface area (Å²) in [6.07, 6.45) is 0.584. The van der Waals surface area contributed by atoms with Crippen molar-refractivity contribution in [3.63, 3.8) is 0 Å². The summed E-state index contributed by atoms with van der Waals surface area (Å²) in [5.74, 6) is 0.463. The third-order valence-corrected chi connectivity index (χ3v) is 4.41. The molecule has 0 bridgehead atoms. The number of rotatable bonds is 2. The number of hydrogen-bond donors (Lipinski definition) is 0. The molecule has 1 aliphatic rings. The molecule has 1 aliphatic heterocycles. The number of carbonyl (C=O) groups is 1. The maximum absolute atomic E-state index is 12.7. The first-order valence-electron chi connectivity index (χ1n) is 7.90. The van der Waals surface area contributed by atoms with E-state index in [0.29, 0.717) is 6.42 Å². The van der Waals surface area contributed by atoms with Gasteiger partial charge in [0.05, 0.1) is 6.04 Å². The van der Waals surface area contributed by atoms with Gasteiger partial charge in [0.15, 0.2) is 0 Å². The van der Waals surface area contributed by atoms with Crippen LogP contribution in [0.25, 0.3) is 0 Å². The Morgan fingerprint density at radius 2 is 1.36 bits per heavy atom. The summed E-state index contributed by atoms with van der Waals surface area (Å²) in [6, 6.07) is 20.9. The second kappa shape index (κ2) is 5.60. The minimum atomic E-state index is -0.179. The first-order chi connectivity index (χ1) is 10.5. The summed E-state index contributed by atoms with van der Waals surface area (Å²) in [4.78, 5) is 14.8. The fourth-order valence-electron chi connectivity index (χ4n) is 3.56. The van der Waals surface area contributed by atoms with E-state index >= 15 is 0 Å². The van der Waals surface area contributed by atoms with Crippen LogP contribution in [-0.2, 0) is 4.79 Å². The average molecular weight is 293 g/mol. The summed E-state index contributed by atoms with van der Waals surface area (Å²) in [5.41, 5.74) is 2.29. The van der Waals surface area contributed by atoms with Crippen molar-refractivity contribution in [2.75, 3.05) is 0 Å². The third-order valence-electron chi connectivity index (χ3n) is 4.41. The monoisotopic (exact) mass is 293 g/mol. The number of likely N-dealkylation sites (tertiary alicyclic amines) is 1. The summed E-state index contributed by atoms with van der Waals surface area (Å²) in [7, 11) is 0. The van der Waals surface area contributed by atoms with Crippen molar-refractivity contribution in [3.05, 3.63) is 71.8 Å². The first kappa shape index (κ1) is 14.8. The number of nitrogens with zero attached hydrogens (tertiary/aromatic N) is 1. The fraction of sp³-hybridized carbons (Fsp3) is 0.350. The van der Waals surface area contributed by atoms with Gasteiger partial charge >= 0.3 is 0 Å². The van der Waals surface area contributed by atoms with E-state index in [9.17, 15) is 4.79 Å². The molecule has 0 N–H and O–H groups in total. The molecule has 0 spiro atoms. The molecule has 2 nitrogen and oxygen atoms in total. The SMILES string of the molecule is CC(C)(C)N1C(=O)C[C@H](c2ccccc2)[C@H]1c1ccccc1. The van der Waals surface area contributed by atoms with E-state index in [1.165, 1.54) is 11.1 Å². The lowest BCUT2D eigenvalue weighted by atomic mass is 9.86. The molecule has 2 heteroatoms. The molecule has 0 aromatic heterocycles. The summed E-state index contributed by atoms with van der Waals surface area (Å²) in [5, 5.41) is 0. The highest BCUT2D eigenvalue weighted by molar-refractivity contribution is 5.81. The molecule has 0 radical (unpaired) electrons. The minimum absolute atomic E-state index is 0.107. The minimum Gasteiger partial charge on any atom is -0.330 e. The first-order valence-corrected chi connectivity index (χ1v) is 7.90. The molecule has 1 heterocycles. The van der Waals surface area contributed by atoms with E-state index < -0.39 is 0 Å². The Hall–Kier alpha value is -2.09. The van der Waals surface area contributed by atoms with Gasteiger partial charge in [-0.05, 0) is 31.9 Å². The van der Waals surface area contributed by atoms with Crippen molar-refractivity contribution in [3.8, 4) is 0 Å². The van der Waals surface area contributed by atoms with Gasteiger partial charge in [-0.15, -0.1) is 0 Å². The summed E-state index contributed by atoms with van der Waals surface area (Å²) in [6.45, 7) is 6.36. The average Bonchev–Trinajstić information content (AvgIpc) is 2.86. The fourth-order valence-corrected chi connectivity index (χ4v) is 3.56. The zero-order chi connectivity index (χ0) is 15.7. The number of amides is 1. The van der Waals surface area contributed by atoms with Crippen molar-refractivity contribution in [2.24, 2.45) is 0 Å². The third kappa shape index (κ3) is 2.66. The molecular weight excluding hydrogens is 270 g/mol. The van der Waals surface area contributed by atoms with Gasteiger partial charge in [-0.3, -0.25) is 4.79 Å². The van der Waals surface area contributed by atoms with E-state index in [4.69, 9.17) is 0 Å². The van der Waals surface area contributed by atoms with Crippen LogP contribution in [0.1, 0.15) is 50.3 Å². The second-order valence-corrected chi connectivity index (χ2v) is 7.01. The normalized spacial score (nSPS) is 22.1. The van der Waals surface area contributed by atoms with Gasteiger partial charge in [-0.25, -0.2) is 0 Å². The van der Waals surface area contributed by atoms with E-state index in [2.05, 4.69) is 74.2 Å². The van der Waals surface area contributed by atoms with Gasteiger partial charge in [0.1, 0.15) is 0 Å². The van der Waals surface area contributed by atoms with Crippen LogP contribution in [0.5, 0.6) is 0 Å². The van der Waals surface area contributed by atoms with E-state index in [0.717, 1.165) is 0 Å². The molecule has 2 aromatic rings. The van der Waals surface area contributed by atoms with Gasteiger partial charge in [-0.2, -0.15) is 0 Å². The second-order valence-electron chi connectivity index (χ2n) is 7.01. The van der Waals surface area contributed by atoms with Gasteiger partial charge < -0.3 is 4.90 Å². The van der Waals surface area contributed by atoms with Gasteiger partial charge in [-0.1, -0.05) is 60.7 Å². The van der Waals surface area contributed by atoms with E-state index in [1.54, 1.807) is 0 Å². The maximum Gasteiger partial charge on any atom is 0.224 e. The standard InChI is InChI=1S/C20H23NO/c1-20(2,3)21-18(22)14-17(15-10-6-4-7-11-15)19(21)16-12-8-5-9-13-16/h4-13,17,19H,14H2,1-3H3/t17-,19-/m1/s1. The number of hydrogen-bond acceptors (Lipinski definition) is 1. The molecular formula is C20H23NO. The van der Waals surface area contributed by atoms with E-state index in [-0.39, 0.29) is 23.4 Å². The van der Waals surface area contributed by atoms with Crippen LogP contribution >= 0.6 is 0 Å². The zero-order valence-electron chi connectivity index (χ0n) is 13.5. The highest BCUT2D eigenvalue weighted by Gasteiger charge is 2.45. The van der Waals surface area contributed by atoms with Crippen molar-refractivity contribution < 1.29 is 4.79 Å². The van der Waals surface area contributed by atoms with Gasteiger partial charge in [0.25, 0.3) is 0 Å². The molecule has 2 aromatic carbocycles. The number of benzene rings is 2. The Balaban J connectivity index is 2.09. The zero-order valence-corrected chi connectivity index (χ0v) is 13.5. The molecule has 1 saturated heterocycles. The molecule has 3 rings (SSSR count). The van der Waals surface area contributed by atoms with Crippen molar-refractivity contribution in [1.82, 2.24) is 4.90 Å². The van der Waals surface area contributed by atoms with Gasteiger partial charge in [0.2, 0.25) is 5.91 Å². The Labute approximate surface area is 132 Å². The van der Waals surface area contributed by atoms with Crippen LogP contribution in [-0.4, -0.2) is 16.3 Å². The molecule has 22 heavy (non-hydrogen) atoms. The highest BCUT2D eigenvalue weighted by atomic mass is 16.2. The van der Waals surface area contributed by atoms with Crippen molar-refractivity contribution >= 4 is 5.91 Å². The van der Waals surface area contributed by atoms with Crippen LogP contribution < -0.4 is 0 Å². The van der Waals surface area contributed by atoms with Crippen LogP contribution in [0, 0.1) is 0 Å². The topological polar surface area (TPSA) is 20.3 Å². The van der Waals surface area contributed by atoms with Crippen LogP contribution in [0.4, 0.5) is 0 Å². The molecule has 114 valence electrons. The smallest absolute Gasteiger partial charge is 0.224 e. The van der Waals surface area contributed by atoms with Crippen LogP contribution in [0.15, 0.2) is 60.7 Å². The Morgan fingerprint density at radius 3 is 1.86 bits per heavy atom. The summed E-state index contributed by atoms with van der Waals surface area (Å²) < 4.78 is 0. The quantitative estimate of drug-likeness (QED) is 0.796. The molecule has 1 fully saturated rings. The molecule has 1 amide bonds. The molecule has 0 saturated carbocycles. The largest absolute Gasteiger partial charge is 0.330 e. The predicted molar refractivity (Wildman–Crippen MR) is 89.6 cm³/mol. The van der Waals surface area contributed by atoms with Gasteiger partial charge in [0, 0.05) is 17.9 Å². The molecule has 0 unspecified atom stereocenters. The lowest BCUT2D eigenvalue weighted by molar-refractivity contribution is -0.133. The predicted octanol–water partition coefficient (Wildman–Crippen LogP) is 4.54. The van der Waals surface area contributed by atoms with Crippen molar-refractivity contribution in [2.45, 2.75) is 44.7 Å². The lowest BCUT2D eigenvalue weighted by Gasteiger charge is -2.39. The van der Waals surface area contributed by atoms with Crippen LogP contribution in [0.2, 0.25) is 0 Å². The van der Waals surface area contributed by atoms with E-state index in [1.807, 2.05) is 12.1 Å².